The average molecular weight is 204 g/mol. The molecule has 78 valence electrons. The Morgan fingerprint density at radius 2 is 2.20 bits per heavy atom. The Morgan fingerprint density at radius 1 is 1.33 bits per heavy atom. The highest BCUT2D eigenvalue weighted by atomic mass is 16.5. The fraction of sp³-hybridized carbons (Fsp3) is 0.182. The Bertz CT molecular complexity index is 425. The van der Waals surface area contributed by atoms with Gasteiger partial charge in [-0.15, -0.1) is 0 Å². The molecule has 4 nitrogen and oxygen atoms in total. The summed E-state index contributed by atoms with van der Waals surface area (Å²) in [4.78, 5) is 4.17. The van der Waals surface area contributed by atoms with Crippen LogP contribution in [-0.2, 0) is 0 Å². The molecule has 0 fully saturated rings. The van der Waals surface area contributed by atoms with E-state index in [0.29, 0.717) is 11.5 Å². The predicted molar refractivity (Wildman–Crippen MR) is 55.3 cm³/mol. The van der Waals surface area contributed by atoms with E-state index in [4.69, 9.17) is 9.62 Å². The molecule has 0 amide bonds. The van der Waals surface area contributed by atoms with E-state index < -0.39 is 0 Å². The zero-order valence-corrected chi connectivity index (χ0v) is 8.34. The molecule has 0 aromatic carbocycles. The van der Waals surface area contributed by atoms with Crippen molar-refractivity contribution in [2.75, 3.05) is 0 Å². The van der Waals surface area contributed by atoms with E-state index in [9.17, 15) is 0 Å². The first-order valence-corrected chi connectivity index (χ1v) is 4.72. The van der Waals surface area contributed by atoms with Crippen LogP contribution in [0.25, 0.3) is 11.5 Å². The lowest BCUT2D eigenvalue weighted by atomic mass is 10.2. The second kappa shape index (κ2) is 4.25. The van der Waals surface area contributed by atoms with Crippen LogP contribution in [0.1, 0.15) is 18.7 Å². The number of nitrogens with one attached hydrogen (secondary N) is 1. The van der Waals surface area contributed by atoms with Crippen molar-refractivity contribution in [2.45, 2.75) is 13.0 Å². The summed E-state index contributed by atoms with van der Waals surface area (Å²) < 4.78 is 5.54. The zero-order chi connectivity index (χ0) is 10.7. The molecule has 2 rings (SSSR count). The highest BCUT2D eigenvalue weighted by Crippen LogP contribution is 2.23. The number of hydroxylamine groups is 1. The molecule has 0 radical (unpaired) electrons. The minimum Gasteiger partial charge on any atom is -0.458 e. The van der Waals surface area contributed by atoms with Gasteiger partial charge in [0.15, 0.2) is 5.76 Å². The van der Waals surface area contributed by atoms with Crippen LogP contribution in [0.5, 0.6) is 0 Å². The van der Waals surface area contributed by atoms with Gasteiger partial charge >= 0.3 is 0 Å². The fourth-order valence-electron chi connectivity index (χ4n) is 1.30. The smallest absolute Gasteiger partial charge is 0.152 e. The van der Waals surface area contributed by atoms with Crippen LogP contribution in [0.4, 0.5) is 0 Å². The summed E-state index contributed by atoms with van der Waals surface area (Å²) in [7, 11) is 0. The summed E-state index contributed by atoms with van der Waals surface area (Å²) in [6.07, 6.45) is 1.71. The Labute approximate surface area is 87.5 Å². The Balaban J connectivity index is 2.28. The van der Waals surface area contributed by atoms with E-state index in [-0.39, 0.29) is 6.04 Å². The molecule has 15 heavy (non-hydrogen) atoms. The van der Waals surface area contributed by atoms with Crippen molar-refractivity contribution in [3.05, 3.63) is 42.3 Å². The monoisotopic (exact) mass is 204 g/mol. The van der Waals surface area contributed by atoms with Gasteiger partial charge in [-0.1, -0.05) is 6.07 Å². The van der Waals surface area contributed by atoms with Crippen LogP contribution < -0.4 is 5.48 Å². The van der Waals surface area contributed by atoms with Gasteiger partial charge < -0.3 is 9.62 Å². The molecule has 0 aliphatic carbocycles. The summed E-state index contributed by atoms with van der Waals surface area (Å²) in [6, 6.07) is 9.06. The van der Waals surface area contributed by atoms with Crippen LogP contribution in [0.2, 0.25) is 0 Å². The van der Waals surface area contributed by atoms with Gasteiger partial charge in [-0.25, -0.2) is 0 Å². The topological polar surface area (TPSA) is 58.3 Å². The fourth-order valence-corrected chi connectivity index (χ4v) is 1.30. The molecule has 0 aliphatic heterocycles. The lowest BCUT2D eigenvalue weighted by molar-refractivity contribution is 0.124. The van der Waals surface area contributed by atoms with Crippen molar-refractivity contribution in [1.29, 1.82) is 0 Å². The minimum absolute atomic E-state index is 0.220. The second-order valence-electron chi connectivity index (χ2n) is 3.27. The van der Waals surface area contributed by atoms with E-state index in [1.54, 1.807) is 13.1 Å². The maximum Gasteiger partial charge on any atom is 0.152 e. The lowest BCUT2D eigenvalue weighted by Gasteiger charge is -2.03. The number of aromatic nitrogens is 1. The molecule has 2 N–H and O–H groups in total. The van der Waals surface area contributed by atoms with Gasteiger partial charge in [0.1, 0.15) is 11.5 Å². The summed E-state index contributed by atoms with van der Waals surface area (Å²) in [5.74, 6) is 1.38. The van der Waals surface area contributed by atoms with Gasteiger partial charge in [0.05, 0.1) is 6.04 Å². The van der Waals surface area contributed by atoms with E-state index in [1.165, 1.54) is 0 Å². The normalized spacial score (nSPS) is 12.7. The Morgan fingerprint density at radius 3 is 2.87 bits per heavy atom. The van der Waals surface area contributed by atoms with Crippen molar-refractivity contribution in [3.8, 4) is 11.5 Å². The van der Waals surface area contributed by atoms with Gasteiger partial charge in [-0.2, -0.15) is 5.48 Å². The SMILES string of the molecule is CC(NO)c1ccc(-c2ccccn2)o1. The third kappa shape index (κ3) is 2.06. The molecule has 0 bridgehead atoms. The first-order chi connectivity index (χ1) is 7.31. The summed E-state index contributed by atoms with van der Waals surface area (Å²) in [6.45, 7) is 1.81. The number of furan rings is 1. The molecular formula is C11H12N2O2. The van der Waals surface area contributed by atoms with E-state index in [2.05, 4.69) is 10.5 Å². The van der Waals surface area contributed by atoms with Crippen LogP contribution in [0, 0.1) is 0 Å². The summed E-state index contributed by atoms with van der Waals surface area (Å²) in [5.41, 5.74) is 2.92. The minimum atomic E-state index is -0.220. The van der Waals surface area contributed by atoms with Crippen LogP contribution in [0.3, 0.4) is 0 Å². The molecular weight excluding hydrogens is 192 g/mol. The maximum atomic E-state index is 8.74. The zero-order valence-electron chi connectivity index (χ0n) is 8.34. The standard InChI is InChI=1S/C11H12N2O2/c1-8(13-14)10-5-6-11(15-10)9-4-2-3-7-12-9/h2-8,13-14H,1H3. The number of pyridine rings is 1. The predicted octanol–water partition coefficient (Wildman–Crippen LogP) is 2.38. The highest BCUT2D eigenvalue weighted by molar-refractivity contribution is 5.51. The number of nitrogens with zero attached hydrogens (tertiary/aromatic N) is 1. The van der Waals surface area contributed by atoms with Crippen molar-refractivity contribution >= 4 is 0 Å². The van der Waals surface area contributed by atoms with Crippen LogP contribution in [0.15, 0.2) is 40.9 Å². The molecule has 0 saturated heterocycles. The number of hydrogen-bond donors (Lipinski definition) is 2. The van der Waals surface area contributed by atoms with Crippen LogP contribution >= 0.6 is 0 Å². The number of hydrogen-bond acceptors (Lipinski definition) is 4. The van der Waals surface area contributed by atoms with Gasteiger partial charge in [0.2, 0.25) is 0 Å². The largest absolute Gasteiger partial charge is 0.458 e. The Hall–Kier alpha value is -1.65. The summed E-state index contributed by atoms with van der Waals surface area (Å²) in [5, 5.41) is 8.74. The molecule has 2 aromatic rings. The molecule has 0 spiro atoms. The number of rotatable bonds is 3. The molecule has 0 saturated carbocycles. The van der Waals surface area contributed by atoms with Crippen molar-refractivity contribution in [3.63, 3.8) is 0 Å². The van der Waals surface area contributed by atoms with Crippen molar-refractivity contribution in [2.24, 2.45) is 0 Å². The van der Waals surface area contributed by atoms with E-state index in [0.717, 1.165) is 5.69 Å². The van der Waals surface area contributed by atoms with Crippen molar-refractivity contribution in [1.82, 2.24) is 10.5 Å². The molecule has 4 heteroatoms. The molecule has 2 aromatic heterocycles. The Kier molecular flexibility index (Phi) is 2.80. The van der Waals surface area contributed by atoms with Crippen LogP contribution in [-0.4, -0.2) is 10.2 Å². The van der Waals surface area contributed by atoms with E-state index in [1.807, 2.05) is 30.3 Å². The van der Waals surface area contributed by atoms with Gasteiger partial charge in [0, 0.05) is 6.20 Å². The maximum absolute atomic E-state index is 8.74. The van der Waals surface area contributed by atoms with Gasteiger partial charge in [-0.3, -0.25) is 4.98 Å². The lowest BCUT2D eigenvalue weighted by Crippen LogP contribution is -2.11. The first-order valence-electron chi connectivity index (χ1n) is 4.72. The molecule has 1 unspecified atom stereocenters. The van der Waals surface area contributed by atoms with Gasteiger partial charge in [-0.05, 0) is 31.2 Å². The molecule has 1 atom stereocenters. The second-order valence-corrected chi connectivity index (χ2v) is 3.27. The quantitative estimate of drug-likeness (QED) is 0.753. The molecule has 2 heterocycles. The first kappa shape index (κ1) is 9.89. The molecule has 0 aliphatic rings. The summed E-state index contributed by atoms with van der Waals surface area (Å²) >= 11 is 0. The van der Waals surface area contributed by atoms with Crippen molar-refractivity contribution < 1.29 is 9.62 Å². The van der Waals surface area contributed by atoms with Gasteiger partial charge in [0.25, 0.3) is 0 Å². The third-order valence-corrected chi connectivity index (χ3v) is 2.16. The van der Waals surface area contributed by atoms with E-state index >= 15 is 0 Å². The highest BCUT2D eigenvalue weighted by Gasteiger charge is 2.10. The average Bonchev–Trinajstić information content (AvgIpc) is 2.78. The third-order valence-electron chi connectivity index (χ3n) is 2.16.